The van der Waals surface area contributed by atoms with E-state index >= 15 is 0 Å². The van der Waals surface area contributed by atoms with Crippen molar-refractivity contribution in [3.05, 3.63) is 194 Å². The van der Waals surface area contributed by atoms with Crippen LogP contribution in [-0.4, -0.2) is 0 Å². The van der Waals surface area contributed by atoms with E-state index in [1.807, 2.05) is 27.7 Å². The van der Waals surface area contributed by atoms with Gasteiger partial charge in [-0.05, 0) is 100 Å². The van der Waals surface area contributed by atoms with Gasteiger partial charge in [-0.25, -0.2) is 0 Å². The van der Waals surface area contributed by atoms with Gasteiger partial charge in [0.2, 0.25) is 0 Å². The van der Waals surface area contributed by atoms with Crippen molar-refractivity contribution in [1.29, 1.82) is 0 Å². The van der Waals surface area contributed by atoms with Crippen LogP contribution in [0.15, 0.2) is 194 Å². The smallest absolute Gasteiger partial charge is 0.00201 e. The van der Waals surface area contributed by atoms with Crippen molar-refractivity contribution in [2.45, 2.75) is 47.0 Å². The molecule has 1 aliphatic carbocycles. The van der Waals surface area contributed by atoms with Crippen LogP contribution in [0.1, 0.15) is 47.0 Å². The van der Waals surface area contributed by atoms with E-state index in [4.69, 9.17) is 0 Å². The fourth-order valence-corrected chi connectivity index (χ4v) is 7.50. The van der Waals surface area contributed by atoms with Crippen LogP contribution in [0.3, 0.4) is 0 Å². The molecule has 0 bridgehead atoms. The lowest BCUT2D eigenvalue weighted by Crippen LogP contribution is -1.93. The molecule has 270 valence electrons. The van der Waals surface area contributed by atoms with Crippen molar-refractivity contribution < 1.29 is 0 Å². The molecule has 0 aromatic heterocycles. The molecule has 55 heavy (non-hydrogen) atoms. The summed E-state index contributed by atoms with van der Waals surface area (Å²) in [6, 6.07) is 70.7. The van der Waals surface area contributed by atoms with Crippen molar-refractivity contribution in [3.8, 4) is 55.6 Å². The SMILES string of the molecule is C1CC1.CC.CC.c1ccc(-c2ccccc2-c2c3ccccc3c(-c3cccc(-c4cccc(-c5cccc6ccccc56)c4)c3)c3ccccc23)cc1. The van der Waals surface area contributed by atoms with Gasteiger partial charge in [0.25, 0.3) is 0 Å². The zero-order valence-electron chi connectivity index (χ0n) is 32.6. The summed E-state index contributed by atoms with van der Waals surface area (Å²) in [6.07, 6.45) is 4.50. The number of fused-ring (bicyclic) bond motifs is 3. The summed E-state index contributed by atoms with van der Waals surface area (Å²) in [5, 5.41) is 7.58. The highest BCUT2D eigenvalue weighted by atomic mass is 14.2. The molecule has 1 fully saturated rings. The summed E-state index contributed by atoms with van der Waals surface area (Å²) in [7, 11) is 0. The summed E-state index contributed by atoms with van der Waals surface area (Å²) in [6.45, 7) is 8.00. The molecule has 1 aliphatic rings. The third kappa shape index (κ3) is 7.87. The summed E-state index contributed by atoms with van der Waals surface area (Å²) in [4.78, 5) is 0. The molecule has 0 aliphatic heterocycles. The highest BCUT2D eigenvalue weighted by Gasteiger charge is 2.19. The molecular weight excluding hydrogens is 661 g/mol. The van der Waals surface area contributed by atoms with Gasteiger partial charge in [-0.2, -0.15) is 0 Å². The van der Waals surface area contributed by atoms with Crippen LogP contribution >= 0.6 is 0 Å². The minimum absolute atomic E-state index is 1.21. The molecule has 0 unspecified atom stereocenters. The van der Waals surface area contributed by atoms with Crippen molar-refractivity contribution in [3.63, 3.8) is 0 Å². The molecule has 0 radical (unpaired) electrons. The molecule has 0 heteroatoms. The molecule has 0 amide bonds. The topological polar surface area (TPSA) is 0 Å². The first-order chi connectivity index (χ1) is 27.3. The third-order valence-corrected chi connectivity index (χ3v) is 10.0. The Kier molecular flexibility index (Phi) is 12.0. The average Bonchev–Trinajstić information content (AvgIpc) is 4.18. The van der Waals surface area contributed by atoms with Crippen molar-refractivity contribution in [1.82, 2.24) is 0 Å². The van der Waals surface area contributed by atoms with Gasteiger partial charge in [-0.1, -0.05) is 229 Å². The Morgan fingerprint density at radius 1 is 0.255 bits per heavy atom. The molecule has 9 aromatic carbocycles. The third-order valence-electron chi connectivity index (χ3n) is 10.0. The predicted octanol–water partition coefficient (Wildman–Crippen LogP) is 16.7. The highest BCUT2D eigenvalue weighted by Crippen LogP contribution is 2.46. The molecule has 0 N–H and O–H groups in total. The van der Waals surface area contributed by atoms with Crippen LogP contribution in [0.4, 0.5) is 0 Å². The minimum Gasteiger partial charge on any atom is -0.0683 e. The van der Waals surface area contributed by atoms with Gasteiger partial charge < -0.3 is 0 Å². The number of hydrogen-bond donors (Lipinski definition) is 0. The second-order valence-corrected chi connectivity index (χ2v) is 13.5. The van der Waals surface area contributed by atoms with Gasteiger partial charge in [-0.3, -0.25) is 0 Å². The van der Waals surface area contributed by atoms with E-state index in [1.165, 1.54) is 107 Å². The lowest BCUT2D eigenvalue weighted by atomic mass is 9.83. The van der Waals surface area contributed by atoms with E-state index in [2.05, 4.69) is 194 Å². The molecule has 10 rings (SSSR count). The maximum atomic E-state index is 2.37. The van der Waals surface area contributed by atoms with Gasteiger partial charge >= 0.3 is 0 Å². The van der Waals surface area contributed by atoms with E-state index in [-0.39, 0.29) is 0 Å². The van der Waals surface area contributed by atoms with Crippen molar-refractivity contribution >= 4 is 32.3 Å². The fourth-order valence-electron chi connectivity index (χ4n) is 7.50. The second kappa shape index (κ2) is 17.7. The molecule has 0 saturated heterocycles. The van der Waals surface area contributed by atoms with E-state index < -0.39 is 0 Å². The lowest BCUT2D eigenvalue weighted by molar-refractivity contribution is 1.50. The number of hydrogen-bond acceptors (Lipinski definition) is 0. The van der Waals surface area contributed by atoms with E-state index in [1.54, 1.807) is 0 Å². The highest BCUT2D eigenvalue weighted by molar-refractivity contribution is 6.22. The molecular formula is C55H50. The van der Waals surface area contributed by atoms with E-state index in [0.29, 0.717) is 0 Å². The first-order valence-electron chi connectivity index (χ1n) is 20.1. The molecule has 0 heterocycles. The van der Waals surface area contributed by atoms with Gasteiger partial charge in [0.05, 0.1) is 0 Å². The van der Waals surface area contributed by atoms with Crippen LogP contribution in [0, 0.1) is 0 Å². The first-order valence-corrected chi connectivity index (χ1v) is 20.1. The quantitative estimate of drug-likeness (QED) is 0.156. The van der Waals surface area contributed by atoms with Crippen LogP contribution < -0.4 is 0 Å². The Bertz CT molecular complexity index is 2600. The fraction of sp³-hybridized carbons (Fsp3) is 0.127. The maximum absolute atomic E-state index is 2.37. The van der Waals surface area contributed by atoms with Crippen molar-refractivity contribution in [2.75, 3.05) is 0 Å². The Morgan fingerprint density at radius 2 is 0.636 bits per heavy atom. The van der Waals surface area contributed by atoms with E-state index in [0.717, 1.165) is 0 Å². The van der Waals surface area contributed by atoms with Gasteiger partial charge in [-0.15, -0.1) is 0 Å². The van der Waals surface area contributed by atoms with Crippen LogP contribution in [0.5, 0.6) is 0 Å². The standard InChI is InChI=1S/C48H32.C3H6.2C2H6/c1-2-15-33(16-3-1)40-24-6-7-25-42(40)48-45-28-10-8-26-43(45)47(44-27-9-11-29-46(44)48)38-22-13-20-36(32-38)35-19-12-21-37(31-35)41-30-14-18-34-17-4-5-23-39(34)41;1-2-3-1;2*1-2/h1-32H;1-3H2;2*1-2H3. The minimum atomic E-state index is 1.21. The zero-order chi connectivity index (χ0) is 38.0. The molecule has 0 spiro atoms. The monoisotopic (exact) mass is 710 g/mol. The molecule has 0 nitrogen and oxygen atoms in total. The van der Waals surface area contributed by atoms with E-state index in [9.17, 15) is 0 Å². The number of rotatable bonds is 5. The normalized spacial score (nSPS) is 11.4. The van der Waals surface area contributed by atoms with Crippen molar-refractivity contribution in [2.24, 2.45) is 0 Å². The summed E-state index contributed by atoms with van der Waals surface area (Å²) < 4.78 is 0. The Hall–Kier alpha value is -6.24. The summed E-state index contributed by atoms with van der Waals surface area (Å²) >= 11 is 0. The van der Waals surface area contributed by atoms with Crippen LogP contribution in [0.25, 0.3) is 88.0 Å². The van der Waals surface area contributed by atoms with Crippen LogP contribution in [-0.2, 0) is 0 Å². The summed E-state index contributed by atoms with van der Waals surface area (Å²) in [5.41, 5.74) is 12.4. The second-order valence-electron chi connectivity index (χ2n) is 13.5. The van der Waals surface area contributed by atoms with Crippen LogP contribution in [0.2, 0.25) is 0 Å². The van der Waals surface area contributed by atoms with Gasteiger partial charge in [0.15, 0.2) is 0 Å². The first kappa shape index (κ1) is 37.1. The number of benzene rings is 9. The Labute approximate surface area is 327 Å². The zero-order valence-corrected chi connectivity index (χ0v) is 32.6. The Balaban J connectivity index is 0.000000617. The maximum Gasteiger partial charge on any atom is -0.00201 e. The lowest BCUT2D eigenvalue weighted by Gasteiger charge is -2.20. The molecule has 9 aromatic rings. The predicted molar refractivity (Wildman–Crippen MR) is 243 cm³/mol. The average molecular weight is 711 g/mol. The molecule has 1 saturated carbocycles. The Morgan fingerprint density at radius 3 is 1.24 bits per heavy atom. The van der Waals surface area contributed by atoms with Gasteiger partial charge in [0, 0.05) is 0 Å². The van der Waals surface area contributed by atoms with Gasteiger partial charge in [0.1, 0.15) is 0 Å². The largest absolute Gasteiger partial charge is 0.0683 e. The summed E-state index contributed by atoms with van der Waals surface area (Å²) in [5.74, 6) is 0. The molecule has 0 atom stereocenters.